The summed E-state index contributed by atoms with van der Waals surface area (Å²) in [5, 5.41) is 18.5. The molecule has 2 aromatic carbocycles. The lowest BCUT2D eigenvalue weighted by Gasteiger charge is -2.13. The second kappa shape index (κ2) is 9.13. The molecule has 0 saturated heterocycles. The maximum absolute atomic E-state index is 8.90. The predicted octanol–water partition coefficient (Wildman–Crippen LogP) is 5.36. The zero-order chi connectivity index (χ0) is 22.8. The Kier molecular flexibility index (Phi) is 6.05. The van der Waals surface area contributed by atoms with E-state index in [1.165, 1.54) is 0 Å². The summed E-state index contributed by atoms with van der Waals surface area (Å²) in [6.45, 7) is 2.27. The molecule has 3 aromatic rings. The second-order valence-corrected chi connectivity index (χ2v) is 9.26. The molecule has 1 N–H and O–H groups in total. The summed E-state index contributed by atoms with van der Waals surface area (Å²) in [4.78, 5) is 5.28. The van der Waals surface area contributed by atoms with Crippen LogP contribution < -0.4 is 0 Å². The van der Waals surface area contributed by atoms with Crippen molar-refractivity contribution in [2.24, 2.45) is 4.99 Å². The highest BCUT2D eigenvalue weighted by Gasteiger charge is 2.51. The quantitative estimate of drug-likeness (QED) is 0.399. The molecule has 1 aliphatic heterocycles. The molecule has 2 aliphatic rings. The van der Waals surface area contributed by atoms with Crippen LogP contribution in [0.4, 0.5) is 0 Å². The van der Waals surface area contributed by atoms with Crippen LogP contribution in [0.5, 0.6) is 0 Å². The highest BCUT2D eigenvalue weighted by Crippen LogP contribution is 2.51. The number of fused-ring (bicyclic) bond motifs is 4. The lowest BCUT2D eigenvalue weighted by atomic mass is 9.98. The number of aromatic nitrogens is 3. The fraction of sp³-hybridized carbons (Fsp3) is 0.370. The van der Waals surface area contributed by atoms with E-state index in [4.69, 9.17) is 21.7 Å². The minimum Gasteiger partial charge on any atom is -0.396 e. The van der Waals surface area contributed by atoms with E-state index in [0.717, 1.165) is 84.7 Å². The van der Waals surface area contributed by atoms with Gasteiger partial charge in [0.25, 0.3) is 0 Å². The monoisotopic (exact) mass is 458 g/mol. The van der Waals surface area contributed by atoms with Crippen molar-refractivity contribution in [2.75, 3.05) is 6.61 Å². The van der Waals surface area contributed by atoms with Gasteiger partial charge in [-0.05, 0) is 62.9 Å². The van der Waals surface area contributed by atoms with Crippen molar-refractivity contribution in [3.8, 4) is 17.5 Å². The highest BCUT2D eigenvalue weighted by atomic mass is 35.5. The molecule has 5 nitrogen and oxygen atoms in total. The third-order valence-corrected chi connectivity index (χ3v) is 6.60. The van der Waals surface area contributed by atoms with Gasteiger partial charge in [0.15, 0.2) is 5.82 Å². The molecule has 1 saturated carbocycles. The van der Waals surface area contributed by atoms with E-state index < -0.39 is 0 Å². The average molecular weight is 459 g/mol. The number of rotatable bonds is 6. The molecule has 1 aromatic heterocycles. The second-order valence-electron chi connectivity index (χ2n) is 8.83. The highest BCUT2D eigenvalue weighted by molar-refractivity contribution is 6.30. The Labute approximate surface area is 199 Å². The third kappa shape index (κ3) is 4.34. The molecule has 0 radical (unpaired) electrons. The number of aliphatic imine (C=N–C) groups is 1. The van der Waals surface area contributed by atoms with Crippen molar-refractivity contribution in [1.82, 2.24) is 14.8 Å². The molecular formula is C27H27ClN4O. The van der Waals surface area contributed by atoms with Crippen LogP contribution in [0.2, 0.25) is 5.02 Å². The van der Waals surface area contributed by atoms with E-state index in [2.05, 4.69) is 44.8 Å². The number of aryl methyl sites for hydroxylation is 1. The van der Waals surface area contributed by atoms with E-state index >= 15 is 0 Å². The fourth-order valence-electron chi connectivity index (χ4n) is 4.40. The van der Waals surface area contributed by atoms with Crippen LogP contribution in [-0.4, -0.2) is 32.2 Å². The van der Waals surface area contributed by atoms with Gasteiger partial charge in [0, 0.05) is 34.7 Å². The molecule has 0 bridgehead atoms. The van der Waals surface area contributed by atoms with E-state index in [1.54, 1.807) is 0 Å². The minimum absolute atomic E-state index is 0.271. The first-order valence-electron chi connectivity index (χ1n) is 11.6. The van der Waals surface area contributed by atoms with Crippen LogP contribution in [0.15, 0.2) is 47.5 Å². The molecule has 0 unspecified atom stereocenters. The van der Waals surface area contributed by atoms with Crippen molar-refractivity contribution in [2.45, 2.75) is 57.4 Å². The first kappa shape index (κ1) is 21.9. The van der Waals surface area contributed by atoms with Crippen molar-refractivity contribution in [3.63, 3.8) is 0 Å². The number of hydrogen-bond acceptors (Lipinski definition) is 4. The Morgan fingerprint density at radius 3 is 2.58 bits per heavy atom. The van der Waals surface area contributed by atoms with Gasteiger partial charge in [-0.15, -0.1) is 10.2 Å². The maximum Gasteiger partial charge on any atom is 0.165 e. The summed E-state index contributed by atoms with van der Waals surface area (Å²) in [7, 11) is 0. The molecule has 1 aliphatic carbocycles. The summed E-state index contributed by atoms with van der Waals surface area (Å²) in [5.74, 6) is 8.45. The van der Waals surface area contributed by atoms with Crippen LogP contribution in [0, 0.1) is 18.8 Å². The SMILES string of the molecule is Cc1nnc2n1-c1ccc(C#CCCCCCCO)cc1C(c1ccc(Cl)cc1)=NC21CC1. The van der Waals surface area contributed by atoms with Gasteiger partial charge in [0.2, 0.25) is 0 Å². The molecular weight excluding hydrogens is 432 g/mol. The van der Waals surface area contributed by atoms with Crippen LogP contribution >= 0.6 is 11.6 Å². The van der Waals surface area contributed by atoms with Crippen LogP contribution in [-0.2, 0) is 5.54 Å². The van der Waals surface area contributed by atoms with Crippen LogP contribution in [0.25, 0.3) is 5.69 Å². The number of halogens is 1. The molecule has 0 atom stereocenters. The summed E-state index contributed by atoms with van der Waals surface area (Å²) >= 11 is 6.17. The first-order valence-corrected chi connectivity index (χ1v) is 12.0. The number of aliphatic hydroxyl groups excluding tert-OH is 1. The van der Waals surface area contributed by atoms with Gasteiger partial charge in [0.1, 0.15) is 11.4 Å². The van der Waals surface area contributed by atoms with Gasteiger partial charge in [-0.3, -0.25) is 9.56 Å². The number of unbranched alkanes of at least 4 members (excludes halogenated alkanes) is 4. The van der Waals surface area contributed by atoms with Crippen molar-refractivity contribution in [1.29, 1.82) is 0 Å². The van der Waals surface area contributed by atoms with Gasteiger partial charge < -0.3 is 5.11 Å². The molecule has 33 heavy (non-hydrogen) atoms. The molecule has 5 rings (SSSR count). The van der Waals surface area contributed by atoms with E-state index in [1.807, 2.05) is 31.2 Å². The average Bonchev–Trinajstić information content (AvgIpc) is 3.53. The van der Waals surface area contributed by atoms with E-state index in [9.17, 15) is 0 Å². The Morgan fingerprint density at radius 2 is 1.82 bits per heavy atom. The molecule has 168 valence electrons. The minimum atomic E-state index is -0.310. The fourth-order valence-corrected chi connectivity index (χ4v) is 4.53. The number of benzene rings is 2. The Bertz CT molecular complexity index is 1260. The van der Waals surface area contributed by atoms with Crippen molar-refractivity contribution < 1.29 is 5.11 Å². The van der Waals surface area contributed by atoms with Gasteiger partial charge >= 0.3 is 0 Å². The van der Waals surface area contributed by atoms with Gasteiger partial charge in [-0.1, -0.05) is 48.4 Å². The molecule has 1 fully saturated rings. The molecule has 0 amide bonds. The summed E-state index contributed by atoms with van der Waals surface area (Å²) < 4.78 is 2.16. The van der Waals surface area contributed by atoms with Crippen LogP contribution in [0.1, 0.15) is 73.3 Å². The Balaban J connectivity index is 1.54. The summed E-state index contributed by atoms with van der Waals surface area (Å²) in [6.07, 6.45) is 6.89. The third-order valence-electron chi connectivity index (χ3n) is 6.34. The zero-order valence-corrected chi connectivity index (χ0v) is 19.6. The first-order chi connectivity index (χ1) is 16.1. The lowest BCUT2D eigenvalue weighted by molar-refractivity contribution is 0.282. The van der Waals surface area contributed by atoms with Gasteiger partial charge in [-0.25, -0.2) is 0 Å². The topological polar surface area (TPSA) is 63.3 Å². The Hall–Kier alpha value is -2.94. The van der Waals surface area contributed by atoms with Gasteiger partial charge in [0.05, 0.1) is 11.4 Å². The van der Waals surface area contributed by atoms with E-state index in [-0.39, 0.29) is 12.1 Å². The van der Waals surface area contributed by atoms with Crippen molar-refractivity contribution >= 4 is 17.3 Å². The Morgan fingerprint density at radius 1 is 1.03 bits per heavy atom. The maximum atomic E-state index is 8.90. The van der Waals surface area contributed by atoms with E-state index in [0.29, 0.717) is 5.02 Å². The number of aliphatic hydroxyl groups is 1. The molecule has 2 heterocycles. The lowest BCUT2D eigenvalue weighted by Crippen LogP contribution is -2.11. The largest absolute Gasteiger partial charge is 0.396 e. The van der Waals surface area contributed by atoms with Gasteiger partial charge in [-0.2, -0.15) is 0 Å². The van der Waals surface area contributed by atoms with Crippen LogP contribution in [0.3, 0.4) is 0 Å². The summed E-state index contributed by atoms with van der Waals surface area (Å²) in [6, 6.07) is 14.2. The van der Waals surface area contributed by atoms with Crippen molar-refractivity contribution in [3.05, 3.63) is 75.8 Å². The zero-order valence-electron chi connectivity index (χ0n) is 18.8. The number of nitrogens with zero attached hydrogens (tertiary/aromatic N) is 4. The molecule has 1 spiro atoms. The smallest absolute Gasteiger partial charge is 0.165 e. The summed E-state index contributed by atoms with van der Waals surface area (Å²) in [5.41, 5.74) is 4.74. The molecule has 6 heteroatoms. The number of hydrogen-bond donors (Lipinski definition) is 1. The standard InChI is InChI=1S/C27H27ClN4O/c1-19-30-31-26-27(15-16-27)29-25(21-10-12-22(28)13-11-21)23-18-20(9-14-24(23)32(19)26)8-6-4-2-3-5-7-17-33/h9-14,18,33H,2-5,7,15-17H2,1H3. The normalized spacial score (nSPS) is 15.2. The predicted molar refractivity (Wildman–Crippen MR) is 131 cm³/mol.